The molecule has 1 aliphatic rings. The SMILES string of the molecule is O=C(O)c1cc(Cl)cc(F)c1Nc1c([S+]([O-])N2CCSCC2)cnc2ccc(Cl)cc12. The lowest BCUT2D eigenvalue weighted by Gasteiger charge is -2.28. The molecule has 0 aliphatic carbocycles. The summed E-state index contributed by atoms with van der Waals surface area (Å²) in [5.41, 5.74) is 0.195. The second-order valence-corrected chi connectivity index (χ2v) is 10.2. The van der Waals surface area contributed by atoms with Crippen molar-refractivity contribution in [2.24, 2.45) is 0 Å². The number of carboxylic acid groups (broad SMARTS) is 1. The van der Waals surface area contributed by atoms with E-state index in [1.54, 1.807) is 30.0 Å². The highest BCUT2D eigenvalue weighted by Crippen LogP contribution is 2.37. The average molecular weight is 500 g/mol. The van der Waals surface area contributed by atoms with Crippen LogP contribution in [0.3, 0.4) is 0 Å². The molecule has 1 aromatic heterocycles. The summed E-state index contributed by atoms with van der Waals surface area (Å²) in [6.07, 6.45) is 1.46. The number of carbonyl (C=O) groups is 1. The summed E-state index contributed by atoms with van der Waals surface area (Å²) < 4.78 is 30.0. The van der Waals surface area contributed by atoms with Gasteiger partial charge in [-0.05, 0) is 30.3 Å². The Bertz CT molecular complexity index is 1160. The van der Waals surface area contributed by atoms with E-state index in [2.05, 4.69) is 10.3 Å². The Morgan fingerprint density at radius 2 is 1.94 bits per heavy atom. The smallest absolute Gasteiger partial charge is 0.337 e. The van der Waals surface area contributed by atoms with Gasteiger partial charge < -0.3 is 15.0 Å². The minimum Gasteiger partial charge on any atom is -0.593 e. The Balaban J connectivity index is 1.89. The second-order valence-electron chi connectivity index (χ2n) is 6.69. The summed E-state index contributed by atoms with van der Waals surface area (Å²) in [5, 5.41) is 13.3. The van der Waals surface area contributed by atoms with Gasteiger partial charge in [0.2, 0.25) is 4.90 Å². The van der Waals surface area contributed by atoms with Gasteiger partial charge in [-0.25, -0.2) is 9.18 Å². The molecule has 3 aromatic rings. The number of nitrogens with one attached hydrogen (secondary N) is 1. The number of hydrogen-bond donors (Lipinski definition) is 2. The quantitative estimate of drug-likeness (QED) is 0.466. The fourth-order valence-electron chi connectivity index (χ4n) is 3.25. The molecule has 0 spiro atoms. The first-order valence-corrected chi connectivity index (χ1v) is 12.2. The highest BCUT2D eigenvalue weighted by molar-refractivity contribution is 7.99. The van der Waals surface area contributed by atoms with Gasteiger partial charge in [0.05, 0.1) is 47.4 Å². The van der Waals surface area contributed by atoms with Crippen molar-refractivity contribution in [2.45, 2.75) is 4.90 Å². The molecule has 4 rings (SSSR count). The lowest BCUT2D eigenvalue weighted by atomic mass is 10.1. The highest BCUT2D eigenvalue weighted by atomic mass is 35.5. The number of aromatic nitrogens is 1. The van der Waals surface area contributed by atoms with Crippen LogP contribution in [-0.2, 0) is 11.4 Å². The van der Waals surface area contributed by atoms with Crippen molar-refractivity contribution < 1.29 is 18.8 Å². The number of thioether (sulfide) groups is 1. The van der Waals surface area contributed by atoms with Crippen molar-refractivity contribution >= 4 is 74.6 Å². The zero-order valence-corrected chi connectivity index (χ0v) is 19.0. The van der Waals surface area contributed by atoms with Crippen LogP contribution in [-0.4, -0.2) is 49.5 Å². The fraction of sp³-hybridized carbons (Fsp3) is 0.200. The molecule has 0 saturated carbocycles. The molecule has 2 heterocycles. The number of anilines is 2. The molecule has 1 aliphatic heterocycles. The van der Waals surface area contributed by atoms with E-state index in [0.29, 0.717) is 33.9 Å². The summed E-state index contributed by atoms with van der Waals surface area (Å²) in [6, 6.07) is 7.14. The third-order valence-electron chi connectivity index (χ3n) is 4.72. The fourth-order valence-corrected chi connectivity index (χ4v) is 6.04. The van der Waals surface area contributed by atoms with Crippen molar-refractivity contribution in [3.8, 4) is 0 Å². The molecule has 162 valence electrons. The van der Waals surface area contributed by atoms with Crippen molar-refractivity contribution in [1.82, 2.24) is 9.29 Å². The van der Waals surface area contributed by atoms with E-state index in [4.69, 9.17) is 23.2 Å². The summed E-state index contributed by atoms with van der Waals surface area (Å²) in [5.74, 6) is -0.508. The molecule has 0 amide bonds. The van der Waals surface area contributed by atoms with Crippen LogP contribution in [0.25, 0.3) is 10.9 Å². The van der Waals surface area contributed by atoms with Gasteiger partial charge in [-0.15, -0.1) is 4.31 Å². The summed E-state index contributed by atoms with van der Waals surface area (Å²) in [6.45, 7) is 1.25. The number of pyridine rings is 1. The highest BCUT2D eigenvalue weighted by Gasteiger charge is 2.30. The Morgan fingerprint density at radius 1 is 1.19 bits per heavy atom. The molecule has 11 heteroatoms. The molecule has 0 bridgehead atoms. The minimum atomic E-state index is -1.59. The number of aromatic carboxylic acids is 1. The topological polar surface area (TPSA) is 88.5 Å². The molecule has 1 atom stereocenters. The van der Waals surface area contributed by atoms with Gasteiger partial charge in [0.15, 0.2) is 0 Å². The maximum absolute atomic E-state index is 14.8. The Hall–Kier alpha value is -1.75. The van der Waals surface area contributed by atoms with E-state index in [0.717, 1.165) is 23.6 Å². The van der Waals surface area contributed by atoms with Crippen LogP contribution in [0, 0.1) is 5.82 Å². The number of fused-ring (bicyclic) bond motifs is 1. The summed E-state index contributed by atoms with van der Waals surface area (Å²) in [4.78, 5) is 16.4. The van der Waals surface area contributed by atoms with Gasteiger partial charge in [0.1, 0.15) is 11.5 Å². The van der Waals surface area contributed by atoms with Crippen molar-refractivity contribution in [2.75, 3.05) is 29.9 Å². The summed E-state index contributed by atoms with van der Waals surface area (Å²) >= 11 is 12.2. The molecule has 6 nitrogen and oxygen atoms in total. The number of rotatable bonds is 5. The molecule has 1 saturated heterocycles. The molecular formula is C20H16Cl2FN3O3S2. The Labute approximate surface area is 195 Å². The zero-order chi connectivity index (χ0) is 22.1. The number of carboxylic acids is 1. The van der Waals surface area contributed by atoms with Crippen LogP contribution < -0.4 is 5.32 Å². The first-order chi connectivity index (χ1) is 14.8. The first kappa shape index (κ1) is 22.4. The lowest BCUT2D eigenvalue weighted by Crippen LogP contribution is -2.38. The van der Waals surface area contributed by atoms with Gasteiger partial charge in [-0.3, -0.25) is 4.98 Å². The number of hydrogen-bond acceptors (Lipinski definition) is 6. The Kier molecular flexibility index (Phi) is 6.80. The van der Waals surface area contributed by atoms with Gasteiger partial charge in [0.25, 0.3) is 0 Å². The van der Waals surface area contributed by atoms with Gasteiger partial charge in [-0.2, -0.15) is 11.8 Å². The molecule has 1 fully saturated rings. The third kappa shape index (κ3) is 4.72. The standard InChI is InChI=1S/C20H16Cl2FN3O3S2/c21-11-1-2-16-13(7-11)19(17(10-24-16)31(29)26-3-5-30-6-4-26)25-18-14(20(27)28)8-12(22)9-15(18)23/h1-2,7-10H,3-6H2,(H,24,25)(H,27,28). The minimum absolute atomic E-state index is 0.0438. The molecule has 0 radical (unpaired) electrons. The third-order valence-corrected chi connectivity index (χ3v) is 7.64. The molecule has 2 aromatic carbocycles. The molecule has 1 unspecified atom stereocenters. The zero-order valence-electron chi connectivity index (χ0n) is 15.9. The number of benzene rings is 2. The van der Waals surface area contributed by atoms with Gasteiger partial charge in [0, 0.05) is 26.9 Å². The van der Waals surface area contributed by atoms with Crippen molar-refractivity contribution in [3.63, 3.8) is 0 Å². The first-order valence-electron chi connectivity index (χ1n) is 9.17. The van der Waals surface area contributed by atoms with E-state index in [1.165, 1.54) is 6.20 Å². The number of nitrogens with zero attached hydrogens (tertiary/aromatic N) is 2. The van der Waals surface area contributed by atoms with Crippen LogP contribution in [0.4, 0.5) is 15.8 Å². The normalized spacial score (nSPS) is 15.7. The largest absolute Gasteiger partial charge is 0.593 e. The van der Waals surface area contributed by atoms with Crippen molar-refractivity contribution in [1.29, 1.82) is 0 Å². The van der Waals surface area contributed by atoms with Crippen LogP contribution in [0.2, 0.25) is 10.0 Å². The maximum atomic E-state index is 14.8. The van der Waals surface area contributed by atoms with Gasteiger partial charge in [-0.1, -0.05) is 23.2 Å². The van der Waals surface area contributed by atoms with Crippen LogP contribution in [0.5, 0.6) is 0 Å². The Morgan fingerprint density at radius 3 is 2.65 bits per heavy atom. The molecule has 31 heavy (non-hydrogen) atoms. The van der Waals surface area contributed by atoms with Crippen LogP contribution in [0.15, 0.2) is 41.4 Å². The van der Waals surface area contributed by atoms with E-state index >= 15 is 0 Å². The van der Waals surface area contributed by atoms with Crippen LogP contribution >= 0.6 is 35.0 Å². The van der Waals surface area contributed by atoms with Crippen LogP contribution in [0.1, 0.15) is 10.4 Å². The summed E-state index contributed by atoms with van der Waals surface area (Å²) in [7, 11) is 0. The maximum Gasteiger partial charge on any atom is 0.337 e. The van der Waals surface area contributed by atoms with Gasteiger partial charge >= 0.3 is 5.97 Å². The van der Waals surface area contributed by atoms with Crippen molar-refractivity contribution in [3.05, 3.63) is 58.0 Å². The monoisotopic (exact) mass is 499 g/mol. The number of halogens is 3. The molecule has 2 N–H and O–H groups in total. The predicted octanol–water partition coefficient (Wildman–Crippen LogP) is 5.19. The van der Waals surface area contributed by atoms with E-state index < -0.39 is 23.1 Å². The predicted molar refractivity (Wildman–Crippen MR) is 124 cm³/mol. The van der Waals surface area contributed by atoms with E-state index in [9.17, 15) is 18.8 Å². The second kappa shape index (κ2) is 9.40. The lowest BCUT2D eigenvalue weighted by molar-refractivity contribution is 0.0697. The van der Waals surface area contributed by atoms with E-state index in [-0.39, 0.29) is 22.0 Å². The average Bonchev–Trinajstić information content (AvgIpc) is 2.75. The van der Waals surface area contributed by atoms with E-state index in [1.807, 2.05) is 4.31 Å². The molecular weight excluding hydrogens is 484 g/mol.